The van der Waals surface area contributed by atoms with Gasteiger partial charge in [-0.3, -0.25) is 14.2 Å². The molecule has 0 radical (unpaired) electrons. The molecule has 1 aromatic heterocycles. The smallest absolute Gasteiger partial charge is 0.352 e. The Kier molecular flexibility index (Phi) is 4.19. The summed E-state index contributed by atoms with van der Waals surface area (Å²) in [6, 6.07) is 0. The van der Waals surface area contributed by atoms with E-state index in [2.05, 4.69) is 4.98 Å². The summed E-state index contributed by atoms with van der Waals surface area (Å²) in [4.78, 5) is 39.3. The Bertz CT molecular complexity index is 652. The zero-order valence-electron chi connectivity index (χ0n) is 11.8. The third-order valence-corrected chi connectivity index (χ3v) is 3.42. The summed E-state index contributed by atoms with van der Waals surface area (Å²) < 4.78 is 6.57. The van der Waals surface area contributed by atoms with E-state index in [0.717, 1.165) is 4.57 Å². The number of nitrogens with two attached hydrogens (primary N) is 1. The minimum absolute atomic E-state index is 0.0712. The summed E-state index contributed by atoms with van der Waals surface area (Å²) in [7, 11) is 0. The van der Waals surface area contributed by atoms with Crippen molar-refractivity contribution >= 4 is 17.4 Å². The van der Waals surface area contributed by atoms with Gasteiger partial charge >= 0.3 is 5.69 Å². The predicted octanol–water partition coefficient (Wildman–Crippen LogP) is -0.0994. The van der Waals surface area contributed by atoms with E-state index < -0.39 is 29.6 Å². The lowest BCUT2D eigenvalue weighted by Gasteiger charge is -2.20. The monoisotopic (exact) mass is 295 g/mol. The van der Waals surface area contributed by atoms with E-state index >= 15 is 0 Å². The van der Waals surface area contributed by atoms with Crippen LogP contribution in [0.4, 0.5) is 5.82 Å². The highest BCUT2D eigenvalue weighted by Crippen LogP contribution is 2.29. The maximum absolute atomic E-state index is 12.1. The Morgan fingerprint density at radius 2 is 2.05 bits per heavy atom. The molecule has 114 valence electrons. The first kappa shape index (κ1) is 15.3. The van der Waals surface area contributed by atoms with Crippen LogP contribution in [0.15, 0.2) is 4.79 Å². The second kappa shape index (κ2) is 5.74. The van der Waals surface area contributed by atoms with E-state index in [1.165, 1.54) is 13.8 Å². The van der Waals surface area contributed by atoms with Crippen LogP contribution in [0.2, 0.25) is 0 Å². The SMILES string of the molecule is CC(=O)c1c(N)nc(=O)n([C@H]2CC[C@@H](CO)O2)c1C(C)=O. The molecular weight excluding hydrogens is 278 g/mol. The van der Waals surface area contributed by atoms with E-state index in [-0.39, 0.29) is 23.7 Å². The third-order valence-electron chi connectivity index (χ3n) is 3.42. The van der Waals surface area contributed by atoms with Crippen molar-refractivity contribution in [3.63, 3.8) is 0 Å². The number of anilines is 1. The third kappa shape index (κ3) is 2.72. The van der Waals surface area contributed by atoms with Gasteiger partial charge in [0.25, 0.3) is 0 Å². The predicted molar refractivity (Wildman–Crippen MR) is 73.1 cm³/mol. The number of aliphatic hydroxyl groups excluding tert-OH is 1. The van der Waals surface area contributed by atoms with E-state index in [1.54, 1.807) is 0 Å². The molecule has 0 unspecified atom stereocenters. The lowest BCUT2D eigenvalue weighted by molar-refractivity contribution is -0.0254. The minimum atomic E-state index is -0.744. The number of carbonyl (C=O) groups excluding carboxylic acids is 2. The summed E-state index contributed by atoms with van der Waals surface area (Å²) >= 11 is 0. The van der Waals surface area contributed by atoms with Crippen LogP contribution in [0.25, 0.3) is 0 Å². The molecule has 8 nitrogen and oxygen atoms in total. The second-order valence-electron chi connectivity index (χ2n) is 4.96. The fraction of sp³-hybridized carbons (Fsp3) is 0.538. The number of Topliss-reactive ketones (excluding diaryl/α,β-unsaturated/α-hetero) is 2. The normalized spacial score (nSPS) is 21.5. The fourth-order valence-electron chi connectivity index (χ4n) is 2.52. The van der Waals surface area contributed by atoms with Gasteiger partial charge in [-0.05, 0) is 19.8 Å². The highest BCUT2D eigenvalue weighted by molar-refractivity contribution is 6.08. The first-order chi connectivity index (χ1) is 9.86. The van der Waals surface area contributed by atoms with Crippen LogP contribution in [0.5, 0.6) is 0 Å². The number of nitrogens with zero attached hydrogens (tertiary/aromatic N) is 2. The van der Waals surface area contributed by atoms with Crippen molar-refractivity contribution in [2.75, 3.05) is 12.3 Å². The highest BCUT2D eigenvalue weighted by Gasteiger charge is 2.32. The fourth-order valence-corrected chi connectivity index (χ4v) is 2.52. The topological polar surface area (TPSA) is 125 Å². The maximum Gasteiger partial charge on any atom is 0.352 e. The molecular formula is C13H17N3O5. The molecule has 0 aliphatic carbocycles. The van der Waals surface area contributed by atoms with Gasteiger partial charge in [0.2, 0.25) is 0 Å². The largest absolute Gasteiger partial charge is 0.394 e. The number of aromatic nitrogens is 2. The number of aliphatic hydroxyl groups is 1. The van der Waals surface area contributed by atoms with Crippen LogP contribution in [-0.2, 0) is 4.74 Å². The summed E-state index contributed by atoms with van der Waals surface area (Å²) in [6.45, 7) is 2.32. The van der Waals surface area contributed by atoms with Crippen LogP contribution in [0, 0.1) is 0 Å². The Morgan fingerprint density at radius 3 is 2.52 bits per heavy atom. The Balaban J connectivity index is 2.65. The van der Waals surface area contributed by atoms with Crippen molar-refractivity contribution in [1.29, 1.82) is 0 Å². The molecule has 1 saturated heterocycles. The molecule has 2 rings (SSSR count). The van der Waals surface area contributed by atoms with Crippen molar-refractivity contribution in [2.24, 2.45) is 0 Å². The number of nitrogen functional groups attached to an aromatic ring is 1. The summed E-state index contributed by atoms with van der Waals surface area (Å²) in [5, 5.41) is 9.10. The lowest BCUT2D eigenvalue weighted by Crippen LogP contribution is -2.35. The molecule has 1 aliphatic rings. The standard InChI is InChI=1S/C13H17N3O5/c1-6(18)10-11(7(2)19)16(13(20)15-12(10)14)9-4-3-8(5-17)21-9/h8-9,17H,3-5H2,1-2H3,(H2,14,15,20)/t8-,9+/m0/s1. The van der Waals surface area contributed by atoms with Crippen LogP contribution < -0.4 is 11.4 Å². The van der Waals surface area contributed by atoms with Crippen molar-refractivity contribution in [3.05, 3.63) is 21.7 Å². The number of hydrogen-bond acceptors (Lipinski definition) is 7. The van der Waals surface area contributed by atoms with E-state index in [0.29, 0.717) is 12.8 Å². The van der Waals surface area contributed by atoms with Gasteiger partial charge in [-0.25, -0.2) is 4.79 Å². The first-order valence-electron chi connectivity index (χ1n) is 6.57. The number of ether oxygens (including phenoxy) is 1. The van der Waals surface area contributed by atoms with Gasteiger partial charge in [-0.1, -0.05) is 0 Å². The highest BCUT2D eigenvalue weighted by atomic mass is 16.5. The molecule has 2 atom stereocenters. The van der Waals surface area contributed by atoms with E-state index in [1.807, 2.05) is 0 Å². The molecule has 1 fully saturated rings. The molecule has 0 amide bonds. The number of rotatable bonds is 4. The maximum atomic E-state index is 12.1. The van der Waals surface area contributed by atoms with Gasteiger partial charge in [0.1, 0.15) is 17.7 Å². The van der Waals surface area contributed by atoms with Crippen LogP contribution in [0.3, 0.4) is 0 Å². The first-order valence-corrected chi connectivity index (χ1v) is 6.57. The number of ketones is 2. The molecule has 3 N–H and O–H groups in total. The van der Waals surface area contributed by atoms with E-state index in [9.17, 15) is 14.4 Å². The van der Waals surface area contributed by atoms with Crippen LogP contribution in [-0.4, -0.2) is 38.9 Å². The van der Waals surface area contributed by atoms with Crippen molar-refractivity contribution in [2.45, 2.75) is 39.0 Å². The molecule has 21 heavy (non-hydrogen) atoms. The van der Waals surface area contributed by atoms with E-state index in [4.69, 9.17) is 15.6 Å². The lowest BCUT2D eigenvalue weighted by atomic mass is 10.1. The molecule has 0 spiro atoms. The Morgan fingerprint density at radius 1 is 1.38 bits per heavy atom. The van der Waals surface area contributed by atoms with Crippen LogP contribution >= 0.6 is 0 Å². The van der Waals surface area contributed by atoms with Gasteiger partial charge in [0.05, 0.1) is 18.3 Å². The molecule has 1 aliphatic heterocycles. The molecule has 0 bridgehead atoms. The average molecular weight is 295 g/mol. The van der Waals surface area contributed by atoms with Crippen LogP contribution in [0.1, 0.15) is 53.8 Å². The minimum Gasteiger partial charge on any atom is -0.394 e. The zero-order valence-corrected chi connectivity index (χ0v) is 11.8. The second-order valence-corrected chi connectivity index (χ2v) is 4.96. The average Bonchev–Trinajstić information content (AvgIpc) is 2.85. The molecule has 2 heterocycles. The van der Waals surface area contributed by atoms with Gasteiger partial charge in [-0.2, -0.15) is 4.98 Å². The Hall–Kier alpha value is -2.06. The number of hydrogen-bond donors (Lipinski definition) is 2. The van der Waals surface area contributed by atoms with Gasteiger partial charge in [0.15, 0.2) is 11.6 Å². The van der Waals surface area contributed by atoms with Gasteiger partial charge in [0, 0.05) is 6.92 Å². The molecule has 1 aromatic rings. The summed E-state index contributed by atoms with van der Waals surface area (Å²) in [6.07, 6.45) is -0.154. The molecule has 0 saturated carbocycles. The van der Waals surface area contributed by atoms with Crippen molar-refractivity contribution < 1.29 is 19.4 Å². The zero-order chi connectivity index (χ0) is 15.7. The number of carbonyl (C=O) groups is 2. The van der Waals surface area contributed by atoms with Crippen molar-refractivity contribution in [3.8, 4) is 0 Å². The molecule has 8 heteroatoms. The van der Waals surface area contributed by atoms with Gasteiger partial charge in [-0.15, -0.1) is 0 Å². The van der Waals surface area contributed by atoms with Gasteiger partial charge < -0.3 is 15.6 Å². The quantitative estimate of drug-likeness (QED) is 0.743. The molecule has 0 aromatic carbocycles. The summed E-state index contributed by atoms with van der Waals surface area (Å²) in [5.74, 6) is -1.18. The Labute approximate surface area is 120 Å². The summed E-state index contributed by atoms with van der Waals surface area (Å²) in [5.41, 5.74) is 4.69. The van der Waals surface area contributed by atoms with Crippen molar-refractivity contribution in [1.82, 2.24) is 9.55 Å².